The van der Waals surface area contributed by atoms with E-state index in [1.165, 1.54) is 0 Å². The zero-order chi connectivity index (χ0) is 20.6. The standard InChI is InChI=1S/C25H26N2O3/c28-24(30-17-18-7-2-1-3-8-18)27-19-9-6-10-20(27)16-25(29,15-19)22-13-14-26-23-12-5-4-11-21(22)23/h1-5,7-8,11-14,19-20,29H,6,9-10,15-17H2. The number of para-hydroxylation sites is 1. The lowest BCUT2D eigenvalue weighted by atomic mass is 9.72. The molecular formula is C25H26N2O3. The van der Waals surface area contributed by atoms with Gasteiger partial charge in [0.25, 0.3) is 0 Å². The van der Waals surface area contributed by atoms with E-state index in [-0.39, 0.29) is 24.8 Å². The van der Waals surface area contributed by atoms with Gasteiger partial charge in [0.05, 0.1) is 11.1 Å². The molecule has 2 atom stereocenters. The van der Waals surface area contributed by atoms with E-state index >= 15 is 0 Å². The van der Waals surface area contributed by atoms with Crippen molar-refractivity contribution in [3.05, 3.63) is 78.0 Å². The van der Waals surface area contributed by atoms with Crippen molar-refractivity contribution in [2.45, 2.75) is 56.4 Å². The molecule has 1 N–H and O–H groups in total. The predicted octanol–water partition coefficient (Wildman–Crippen LogP) is 4.78. The summed E-state index contributed by atoms with van der Waals surface area (Å²) in [6.07, 6.45) is 5.41. The number of hydrogen-bond donors (Lipinski definition) is 1. The van der Waals surface area contributed by atoms with Crippen LogP contribution in [0.2, 0.25) is 0 Å². The van der Waals surface area contributed by atoms with Crippen LogP contribution in [0.4, 0.5) is 4.79 Å². The third-order valence-electron chi connectivity index (χ3n) is 6.57. The summed E-state index contributed by atoms with van der Waals surface area (Å²) < 4.78 is 5.64. The fourth-order valence-electron chi connectivity index (χ4n) is 5.24. The average molecular weight is 402 g/mol. The number of aliphatic hydroxyl groups is 1. The molecule has 154 valence electrons. The lowest BCUT2D eigenvalue weighted by Crippen LogP contribution is -2.59. The Bertz CT molecular complexity index is 1030. The Kier molecular flexibility index (Phi) is 4.91. The number of carbonyl (C=O) groups excluding carboxylic acids is 1. The van der Waals surface area contributed by atoms with Gasteiger partial charge < -0.3 is 14.7 Å². The van der Waals surface area contributed by atoms with E-state index in [1.54, 1.807) is 6.20 Å². The minimum atomic E-state index is -0.964. The second-order valence-electron chi connectivity index (χ2n) is 8.50. The highest BCUT2D eigenvalue weighted by Crippen LogP contribution is 2.46. The average Bonchev–Trinajstić information content (AvgIpc) is 2.77. The van der Waals surface area contributed by atoms with Crippen LogP contribution in [0, 0.1) is 0 Å². The fourth-order valence-corrected chi connectivity index (χ4v) is 5.24. The molecule has 2 aliphatic heterocycles. The molecule has 5 heteroatoms. The maximum Gasteiger partial charge on any atom is 0.410 e. The van der Waals surface area contributed by atoms with Crippen LogP contribution in [-0.2, 0) is 16.9 Å². The summed E-state index contributed by atoms with van der Waals surface area (Å²) in [7, 11) is 0. The maximum atomic E-state index is 13.0. The molecule has 2 aromatic carbocycles. The highest BCUT2D eigenvalue weighted by Gasteiger charge is 2.49. The van der Waals surface area contributed by atoms with E-state index < -0.39 is 5.60 Å². The number of pyridine rings is 1. The summed E-state index contributed by atoms with van der Waals surface area (Å²) in [6, 6.07) is 19.6. The Morgan fingerprint density at radius 3 is 2.50 bits per heavy atom. The molecule has 2 bridgehead atoms. The van der Waals surface area contributed by atoms with Gasteiger partial charge in [-0.1, -0.05) is 48.5 Å². The molecule has 1 amide bonds. The highest BCUT2D eigenvalue weighted by molar-refractivity contribution is 5.83. The van der Waals surface area contributed by atoms with Crippen LogP contribution in [0.5, 0.6) is 0 Å². The van der Waals surface area contributed by atoms with E-state index in [9.17, 15) is 9.90 Å². The fraction of sp³-hybridized carbons (Fsp3) is 0.360. The van der Waals surface area contributed by atoms with Crippen LogP contribution in [0.15, 0.2) is 66.9 Å². The van der Waals surface area contributed by atoms with E-state index in [2.05, 4.69) is 4.98 Å². The smallest absolute Gasteiger partial charge is 0.410 e. The van der Waals surface area contributed by atoms with Gasteiger partial charge in [0.2, 0.25) is 0 Å². The summed E-state index contributed by atoms with van der Waals surface area (Å²) in [5, 5.41) is 12.7. The zero-order valence-electron chi connectivity index (χ0n) is 16.9. The molecule has 30 heavy (non-hydrogen) atoms. The third-order valence-corrected chi connectivity index (χ3v) is 6.57. The molecule has 5 rings (SSSR count). The van der Waals surface area contributed by atoms with E-state index in [4.69, 9.17) is 4.74 Å². The largest absolute Gasteiger partial charge is 0.445 e. The highest BCUT2D eigenvalue weighted by atomic mass is 16.6. The van der Waals surface area contributed by atoms with Crippen molar-refractivity contribution in [2.75, 3.05) is 0 Å². The topological polar surface area (TPSA) is 62.7 Å². The molecule has 2 fully saturated rings. The minimum Gasteiger partial charge on any atom is -0.445 e. The number of piperidine rings is 2. The molecule has 2 unspecified atom stereocenters. The van der Waals surface area contributed by atoms with Gasteiger partial charge in [0.15, 0.2) is 0 Å². The Balaban J connectivity index is 1.38. The Morgan fingerprint density at radius 2 is 1.73 bits per heavy atom. The SMILES string of the molecule is O=C(OCc1ccccc1)N1C2CCCC1CC(O)(c1ccnc3ccccc13)C2. The van der Waals surface area contributed by atoms with Crippen LogP contribution in [0.1, 0.15) is 43.2 Å². The Hall–Kier alpha value is -2.92. The lowest BCUT2D eigenvalue weighted by Gasteiger charge is -2.51. The van der Waals surface area contributed by atoms with Crippen molar-refractivity contribution >= 4 is 17.0 Å². The first-order valence-electron chi connectivity index (χ1n) is 10.7. The van der Waals surface area contributed by atoms with Crippen molar-refractivity contribution < 1.29 is 14.6 Å². The molecular weight excluding hydrogens is 376 g/mol. The van der Waals surface area contributed by atoms with Gasteiger partial charge in [-0.25, -0.2) is 4.79 Å². The molecule has 0 aliphatic carbocycles. The summed E-state index contributed by atoms with van der Waals surface area (Å²) in [5.41, 5.74) is 1.82. The van der Waals surface area contributed by atoms with Crippen molar-refractivity contribution in [3.8, 4) is 0 Å². The number of benzene rings is 2. The Labute approximate surface area is 176 Å². The molecule has 0 spiro atoms. The number of hydrogen-bond acceptors (Lipinski definition) is 4. The van der Waals surface area contributed by atoms with Crippen molar-refractivity contribution in [1.82, 2.24) is 9.88 Å². The van der Waals surface area contributed by atoms with Crippen LogP contribution in [-0.4, -0.2) is 33.2 Å². The van der Waals surface area contributed by atoms with Gasteiger partial charge in [0, 0.05) is 36.5 Å². The molecule has 0 radical (unpaired) electrons. The van der Waals surface area contributed by atoms with Gasteiger partial charge in [-0.2, -0.15) is 0 Å². The molecule has 3 aromatic rings. The zero-order valence-corrected chi connectivity index (χ0v) is 16.9. The van der Waals surface area contributed by atoms with Gasteiger partial charge in [-0.15, -0.1) is 0 Å². The second kappa shape index (κ2) is 7.73. The number of nitrogens with zero attached hydrogens (tertiary/aromatic N) is 2. The number of aromatic nitrogens is 1. The molecule has 1 aromatic heterocycles. The molecule has 2 aliphatic rings. The number of rotatable bonds is 3. The van der Waals surface area contributed by atoms with Crippen LogP contribution < -0.4 is 0 Å². The van der Waals surface area contributed by atoms with Gasteiger partial charge in [-0.05, 0) is 42.5 Å². The summed E-state index contributed by atoms with van der Waals surface area (Å²) in [4.78, 5) is 19.3. The van der Waals surface area contributed by atoms with Crippen LogP contribution in [0.3, 0.4) is 0 Å². The van der Waals surface area contributed by atoms with E-state index in [0.717, 1.165) is 41.3 Å². The number of ether oxygens (including phenoxy) is 1. The van der Waals surface area contributed by atoms with Crippen molar-refractivity contribution in [1.29, 1.82) is 0 Å². The van der Waals surface area contributed by atoms with Gasteiger partial charge >= 0.3 is 6.09 Å². The summed E-state index contributed by atoms with van der Waals surface area (Å²) in [6.45, 7) is 0.273. The van der Waals surface area contributed by atoms with Gasteiger partial charge in [0.1, 0.15) is 6.61 Å². The monoisotopic (exact) mass is 402 g/mol. The predicted molar refractivity (Wildman–Crippen MR) is 115 cm³/mol. The number of carbonyl (C=O) groups is 1. The second-order valence-corrected chi connectivity index (χ2v) is 8.50. The van der Waals surface area contributed by atoms with Crippen LogP contribution in [0.25, 0.3) is 10.9 Å². The minimum absolute atomic E-state index is 0.0160. The normalized spacial score (nSPS) is 25.8. The number of fused-ring (bicyclic) bond motifs is 3. The lowest BCUT2D eigenvalue weighted by molar-refractivity contribution is -0.0888. The Morgan fingerprint density at radius 1 is 1.03 bits per heavy atom. The van der Waals surface area contributed by atoms with Crippen molar-refractivity contribution in [2.24, 2.45) is 0 Å². The quantitative estimate of drug-likeness (QED) is 0.685. The molecule has 2 saturated heterocycles. The first kappa shape index (κ1) is 19.1. The first-order chi connectivity index (χ1) is 14.6. The first-order valence-corrected chi connectivity index (χ1v) is 10.7. The van der Waals surface area contributed by atoms with Gasteiger partial charge in [-0.3, -0.25) is 4.98 Å². The number of amides is 1. The third kappa shape index (κ3) is 3.43. The molecule has 3 heterocycles. The van der Waals surface area contributed by atoms with Crippen LogP contribution >= 0.6 is 0 Å². The summed E-state index contributed by atoms with van der Waals surface area (Å²) in [5.74, 6) is 0. The summed E-state index contributed by atoms with van der Waals surface area (Å²) >= 11 is 0. The van der Waals surface area contributed by atoms with Crippen molar-refractivity contribution in [3.63, 3.8) is 0 Å². The molecule has 5 nitrogen and oxygen atoms in total. The maximum absolute atomic E-state index is 13.0. The van der Waals surface area contributed by atoms with E-state index in [0.29, 0.717) is 12.8 Å². The molecule has 0 saturated carbocycles. The van der Waals surface area contributed by atoms with E-state index in [1.807, 2.05) is 65.6 Å².